The van der Waals surface area contributed by atoms with E-state index >= 15 is 0 Å². The molecule has 4 aliphatic rings. The van der Waals surface area contributed by atoms with Gasteiger partial charge in [-0.1, -0.05) is 13.8 Å². The molecule has 4 aliphatic heterocycles. The second kappa shape index (κ2) is 3.95. The van der Waals surface area contributed by atoms with E-state index in [0.717, 1.165) is 0 Å². The van der Waals surface area contributed by atoms with Gasteiger partial charge in [-0.15, -0.1) is 0 Å². The standard InChI is InChI=1S/C13H24N4/c1-10(2)5-13-8-16-3-4-17(9-13)7-11(6-16)12(13)15-14/h10-11H,3-9,14H2,1-2H3. The highest BCUT2D eigenvalue weighted by molar-refractivity contribution is 5.94. The third-order valence-electron chi connectivity index (χ3n) is 4.61. The van der Waals surface area contributed by atoms with Crippen LogP contribution >= 0.6 is 0 Å². The predicted molar refractivity (Wildman–Crippen MR) is 69.9 cm³/mol. The quantitative estimate of drug-likeness (QED) is 0.564. The number of nitrogens with two attached hydrogens (primary N) is 1. The first-order valence-corrected chi connectivity index (χ1v) is 6.86. The van der Waals surface area contributed by atoms with Crippen LogP contribution in [-0.2, 0) is 0 Å². The number of rotatable bonds is 2. The van der Waals surface area contributed by atoms with Crippen LogP contribution in [0.1, 0.15) is 20.3 Å². The summed E-state index contributed by atoms with van der Waals surface area (Å²) in [6.45, 7) is 11.8. The van der Waals surface area contributed by atoms with Gasteiger partial charge in [-0.05, 0) is 12.3 Å². The normalized spacial score (nSPS) is 46.8. The molecule has 4 heteroatoms. The summed E-state index contributed by atoms with van der Waals surface area (Å²) in [5.74, 6) is 7.02. The molecule has 4 bridgehead atoms. The third-order valence-corrected chi connectivity index (χ3v) is 4.61. The Morgan fingerprint density at radius 2 is 1.88 bits per heavy atom. The van der Waals surface area contributed by atoms with E-state index in [-0.39, 0.29) is 5.41 Å². The second-order valence-electron chi connectivity index (χ2n) is 6.56. The van der Waals surface area contributed by atoms with Crippen molar-refractivity contribution in [1.82, 2.24) is 9.80 Å². The molecular formula is C13H24N4. The van der Waals surface area contributed by atoms with Crippen molar-refractivity contribution in [3.05, 3.63) is 0 Å². The van der Waals surface area contributed by atoms with Gasteiger partial charge in [0.05, 0.1) is 5.71 Å². The number of nitrogens with zero attached hydrogens (tertiary/aromatic N) is 3. The van der Waals surface area contributed by atoms with E-state index in [9.17, 15) is 0 Å². The van der Waals surface area contributed by atoms with Crippen LogP contribution in [0, 0.1) is 17.3 Å². The van der Waals surface area contributed by atoms with Crippen LogP contribution in [0.25, 0.3) is 0 Å². The van der Waals surface area contributed by atoms with Crippen LogP contribution in [0.4, 0.5) is 0 Å². The monoisotopic (exact) mass is 236 g/mol. The zero-order chi connectivity index (χ0) is 12.0. The van der Waals surface area contributed by atoms with Crippen LogP contribution < -0.4 is 5.84 Å². The summed E-state index contributed by atoms with van der Waals surface area (Å²) < 4.78 is 0. The molecule has 0 aromatic carbocycles. The van der Waals surface area contributed by atoms with E-state index in [1.165, 1.54) is 51.4 Å². The summed E-state index contributed by atoms with van der Waals surface area (Å²) in [6, 6.07) is 0. The maximum absolute atomic E-state index is 5.72. The van der Waals surface area contributed by atoms with Crippen molar-refractivity contribution in [3.8, 4) is 0 Å². The molecule has 4 heterocycles. The zero-order valence-electron chi connectivity index (χ0n) is 11.0. The maximum atomic E-state index is 5.72. The summed E-state index contributed by atoms with van der Waals surface area (Å²) in [5.41, 5.74) is 1.57. The van der Waals surface area contributed by atoms with Gasteiger partial charge in [0.2, 0.25) is 0 Å². The van der Waals surface area contributed by atoms with E-state index in [0.29, 0.717) is 11.8 Å². The van der Waals surface area contributed by atoms with Crippen LogP contribution in [0.3, 0.4) is 0 Å². The number of fused-ring (bicyclic) bond motifs is 1. The smallest absolute Gasteiger partial charge is 0.0519 e. The van der Waals surface area contributed by atoms with Crippen molar-refractivity contribution in [3.63, 3.8) is 0 Å². The maximum Gasteiger partial charge on any atom is 0.0519 e. The fraction of sp³-hybridized carbons (Fsp3) is 0.923. The molecule has 4 saturated heterocycles. The molecule has 96 valence electrons. The lowest BCUT2D eigenvalue weighted by atomic mass is 9.66. The first kappa shape index (κ1) is 11.5. The molecule has 0 saturated carbocycles. The molecule has 4 nitrogen and oxygen atoms in total. The van der Waals surface area contributed by atoms with Gasteiger partial charge in [-0.2, -0.15) is 5.10 Å². The fourth-order valence-electron chi connectivity index (χ4n) is 4.37. The number of hydrazone groups is 1. The Balaban J connectivity index is 1.98. The van der Waals surface area contributed by atoms with Crippen LogP contribution in [-0.4, -0.2) is 54.8 Å². The summed E-state index contributed by atoms with van der Waals surface area (Å²) >= 11 is 0. The Morgan fingerprint density at radius 3 is 2.35 bits per heavy atom. The molecule has 0 spiro atoms. The largest absolute Gasteiger partial charge is 0.323 e. The summed E-state index contributed by atoms with van der Waals surface area (Å²) in [7, 11) is 0. The van der Waals surface area contributed by atoms with E-state index in [1.807, 2.05) is 0 Å². The molecule has 2 unspecified atom stereocenters. The van der Waals surface area contributed by atoms with E-state index in [2.05, 4.69) is 28.7 Å². The highest BCUT2D eigenvalue weighted by Crippen LogP contribution is 2.42. The van der Waals surface area contributed by atoms with Crippen LogP contribution in [0.15, 0.2) is 5.10 Å². The molecule has 0 aromatic heterocycles. The van der Waals surface area contributed by atoms with Gasteiger partial charge in [0.15, 0.2) is 0 Å². The first-order valence-electron chi connectivity index (χ1n) is 6.86. The number of hydrogen-bond donors (Lipinski definition) is 1. The average Bonchev–Trinajstić information content (AvgIpc) is 2.45. The molecule has 2 N–H and O–H groups in total. The number of piperidine rings is 2. The Labute approximate surface area is 104 Å². The minimum atomic E-state index is 0.251. The predicted octanol–water partition coefficient (Wildman–Crippen LogP) is 0.595. The zero-order valence-corrected chi connectivity index (χ0v) is 11.0. The molecule has 17 heavy (non-hydrogen) atoms. The molecule has 4 rings (SSSR count). The summed E-state index contributed by atoms with van der Waals surface area (Å²) in [5, 5.41) is 4.22. The van der Waals surface area contributed by atoms with Crippen molar-refractivity contribution in [1.29, 1.82) is 0 Å². The van der Waals surface area contributed by atoms with Gasteiger partial charge in [0, 0.05) is 50.6 Å². The minimum absolute atomic E-state index is 0.251. The van der Waals surface area contributed by atoms with Crippen molar-refractivity contribution in [2.45, 2.75) is 20.3 Å². The van der Waals surface area contributed by atoms with E-state index < -0.39 is 0 Å². The highest BCUT2D eigenvalue weighted by Gasteiger charge is 2.52. The summed E-state index contributed by atoms with van der Waals surface area (Å²) in [6.07, 6.45) is 1.23. The molecule has 0 aromatic rings. The Bertz CT molecular complexity index is 320. The number of hydrogen-bond acceptors (Lipinski definition) is 4. The third kappa shape index (κ3) is 1.78. The van der Waals surface area contributed by atoms with Crippen LogP contribution in [0.2, 0.25) is 0 Å². The SMILES string of the molecule is CC(C)CC12CN3CCN(CC(C3)C1=NN)C2. The lowest BCUT2D eigenvalue weighted by Gasteiger charge is -2.51. The highest BCUT2D eigenvalue weighted by atomic mass is 15.3. The van der Waals surface area contributed by atoms with Crippen molar-refractivity contribution in [2.75, 3.05) is 39.3 Å². The topological polar surface area (TPSA) is 44.9 Å². The van der Waals surface area contributed by atoms with E-state index in [1.54, 1.807) is 0 Å². The van der Waals surface area contributed by atoms with E-state index in [4.69, 9.17) is 5.84 Å². The molecule has 2 atom stereocenters. The molecule has 0 amide bonds. The average molecular weight is 236 g/mol. The lowest BCUT2D eigenvalue weighted by molar-refractivity contribution is 0.101. The van der Waals surface area contributed by atoms with Gasteiger partial charge < -0.3 is 15.6 Å². The fourth-order valence-corrected chi connectivity index (χ4v) is 4.37. The molecule has 0 radical (unpaired) electrons. The van der Waals surface area contributed by atoms with Crippen molar-refractivity contribution in [2.24, 2.45) is 28.2 Å². The summed E-state index contributed by atoms with van der Waals surface area (Å²) in [4.78, 5) is 5.27. The molecule has 0 aliphatic carbocycles. The minimum Gasteiger partial charge on any atom is -0.323 e. The van der Waals surface area contributed by atoms with Gasteiger partial charge in [0.1, 0.15) is 0 Å². The lowest BCUT2D eigenvalue weighted by Crippen LogP contribution is -2.62. The first-order chi connectivity index (χ1) is 8.13. The van der Waals surface area contributed by atoms with Gasteiger partial charge in [-0.3, -0.25) is 0 Å². The van der Waals surface area contributed by atoms with Crippen LogP contribution in [0.5, 0.6) is 0 Å². The van der Waals surface area contributed by atoms with Gasteiger partial charge >= 0.3 is 0 Å². The molecule has 4 fully saturated rings. The van der Waals surface area contributed by atoms with Gasteiger partial charge in [-0.25, -0.2) is 0 Å². The molecular weight excluding hydrogens is 212 g/mol. The Morgan fingerprint density at radius 1 is 1.29 bits per heavy atom. The second-order valence-corrected chi connectivity index (χ2v) is 6.56. The van der Waals surface area contributed by atoms with Gasteiger partial charge in [0.25, 0.3) is 0 Å². The Hall–Kier alpha value is -0.610. The van der Waals surface area contributed by atoms with Crippen molar-refractivity contribution >= 4 is 5.71 Å². The van der Waals surface area contributed by atoms with Crippen molar-refractivity contribution < 1.29 is 0 Å². The Kier molecular flexibility index (Phi) is 2.67.